The van der Waals surface area contributed by atoms with Crippen LogP contribution in [0.1, 0.15) is 36.7 Å². The zero-order valence-electron chi connectivity index (χ0n) is 12.7. The Labute approximate surface area is 133 Å². The number of amides is 1. The molecule has 5 nitrogen and oxygen atoms in total. The number of ether oxygens (including phenoxy) is 1. The molecule has 0 saturated heterocycles. The van der Waals surface area contributed by atoms with Crippen LogP contribution in [0, 0.1) is 11.2 Å². The van der Waals surface area contributed by atoms with Gasteiger partial charge in [0.2, 0.25) is 5.91 Å². The second-order valence-corrected chi connectivity index (χ2v) is 5.75. The first-order chi connectivity index (χ1) is 10.2. The first-order valence-corrected chi connectivity index (χ1v) is 7.15. The Bertz CT molecular complexity index is 575. The second-order valence-electron chi connectivity index (χ2n) is 5.34. The van der Waals surface area contributed by atoms with E-state index in [1.165, 1.54) is 12.1 Å². The summed E-state index contributed by atoms with van der Waals surface area (Å²) in [5.41, 5.74) is -1.22. The quantitative estimate of drug-likeness (QED) is 0.784. The van der Waals surface area contributed by atoms with E-state index in [0.717, 1.165) is 0 Å². The number of benzene rings is 1. The van der Waals surface area contributed by atoms with Gasteiger partial charge in [-0.3, -0.25) is 4.79 Å². The molecule has 0 heterocycles. The molecule has 0 aliphatic rings. The van der Waals surface area contributed by atoms with Gasteiger partial charge in [-0.25, -0.2) is 9.18 Å². The fourth-order valence-corrected chi connectivity index (χ4v) is 1.83. The van der Waals surface area contributed by atoms with Gasteiger partial charge in [0, 0.05) is 12.1 Å². The first-order valence-electron chi connectivity index (χ1n) is 6.77. The lowest BCUT2D eigenvalue weighted by molar-refractivity contribution is -0.131. The molecular formula is C15H19ClFNO4. The predicted octanol–water partition coefficient (Wildman–Crippen LogP) is 2.29. The summed E-state index contributed by atoms with van der Waals surface area (Å²) in [7, 11) is 0. The molecule has 0 spiro atoms. The van der Waals surface area contributed by atoms with Crippen molar-refractivity contribution in [3.8, 4) is 0 Å². The Kier molecular flexibility index (Phi) is 6.32. The van der Waals surface area contributed by atoms with Gasteiger partial charge in [0.25, 0.3) is 0 Å². The predicted molar refractivity (Wildman–Crippen MR) is 80.1 cm³/mol. The van der Waals surface area contributed by atoms with E-state index in [-0.39, 0.29) is 35.9 Å². The van der Waals surface area contributed by atoms with E-state index < -0.39 is 23.1 Å². The molecule has 22 heavy (non-hydrogen) atoms. The number of hydrogen-bond donors (Lipinski definition) is 2. The van der Waals surface area contributed by atoms with Crippen LogP contribution in [0.3, 0.4) is 0 Å². The number of halogens is 2. The molecule has 1 amide bonds. The van der Waals surface area contributed by atoms with Crippen LogP contribution in [-0.2, 0) is 16.1 Å². The van der Waals surface area contributed by atoms with Crippen LogP contribution in [-0.4, -0.2) is 30.2 Å². The Morgan fingerprint density at radius 2 is 2.05 bits per heavy atom. The molecule has 1 rings (SSSR count). The molecule has 0 fully saturated rings. The lowest BCUT2D eigenvalue weighted by atomic mass is 9.93. The van der Waals surface area contributed by atoms with Crippen LogP contribution in [0.4, 0.5) is 4.39 Å². The second kappa shape index (κ2) is 7.56. The molecule has 0 atom stereocenters. The number of nitrogens with one attached hydrogen (secondary N) is 1. The molecule has 0 bridgehead atoms. The highest BCUT2D eigenvalue weighted by atomic mass is 35.5. The van der Waals surface area contributed by atoms with Gasteiger partial charge in [-0.2, -0.15) is 0 Å². The lowest BCUT2D eigenvalue weighted by Gasteiger charge is -2.20. The largest absolute Gasteiger partial charge is 0.462 e. The van der Waals surface area contributed by atoms with Crippen molar-refractivity contribution in [1.29, 1.82) is 0 Å². The Hall–Kier alpha value is -1.66. The molecule has 7 heteroatoms. The summed E-state index contributed by atoms with van der Waals surface area (Å²) >= 11 is 5.83. The van der Waals surface area contributed by atoms with Gasteiger partial charge >= 0.3 is 5.97 Å². The number of aliphatic hydroxyl groups is 1. The molecule has 0 radical (unpaired) electrons. The number of rotatable bonds is 6. The minimum absolute atomic E-state index is 0.0540. The third-order valence-electron chi connectivity index (χ3n) is 3.10. The SMILES string of the molecule is CCOC(=O)c1c(Cl)ccc(CNC(=O)C(C)(C)CO)c1F. The molecule has 122 valence electrons. The van der Waals surface area contributed by atoms with Gasteiger partial charge in [0.1, 0.15) is 11.4 Å². The zero-order valence-corrected chi connectivity index (χ0v) is 13.5. The van der Waals surface area contributed by atoms with Crippen molar-refractivity contribution in [2.24, 2.45) is 5.41 Å². The van der Waals surface area contributed by atoms with Crippen molar-refractivity contribution in [3.63, 3.8) is 0 Å². The van der Waals surface area contributed by atoms with E-state index in [2.05, 4.69) is 5.32 Å². The number of carbonyl (C=O) groups is 2. The van der Waals surface area contributed by atoms with Crippen LogP contribution >= 0.6 is 11.6 Å². The van der Waals surface area contributed by atoms with Gasteiger partial charge in [0.15, 0.2) is 0 Å². The van der Waals surface area contributed by atoms with E-state index in [1.54, 1.807) is 20.8 Å². The maximum Gasteiger partial charge on any atom is 0.342 e. The monoisotopic (exact) mass is 331 g/mol. The molecule has 0 aromatic heterocycles. The van der Waals surface area contributed by atoms with E-state index in [0.29, 0.717) is 0 Å². The first kappa shape index (κ1) is 18.4. The normalized spacial score (nSPS) is 11.2. The zero-order chi connectivity index (χ0) is 16.9. The van der Waals surface area contributed by atoms with Crippen molar-refractivity contribution in [2.45, 2.75) is 27.3 Å². The molecule has 0 unspecified atom stereocenters. The van der Waals surface area contributed by atoms with E-state index in [1.807, 2.05) is 0 Å². The maximum absolute atomic E-state index is 14.4. The Morgan fingerprint density at radius 1 is 1.41 bits per heavy atom. The van der Waals surface area contributed by atoms with Crippen LogP contribution in [0.15, 0.2) is 12.1 Å². The van der Waals surface area contributed by atoms with Crippen molar-refractivity contribution in [1.82, 2.24) is 5.32 Å². The topological polar surface area (TPSA) is 75.6 Å². The van der Waals surface area contributed by atoms with Gasteiger partial charge in [-0.15, -0.1) is 0 Å². The summed E-state index contributed by atoms with van der Waals surface area (Å²) in [6.07, 6.45) is 0. The van der Waals surface area contributed by atoms with Gasteiger partial charge in [-0.05, 0) is 26.8 Å². The summed E-state index contributed by atoms with van der Waals surface area (Å²) in [5, 5.41) is 11.6. The number of hydrogen-bond acceptors (Lipinski definition) is 4. The van der Waals surface area contributed by atoms with E-state index in [4.69, 9.17) is 21.4 Å². The van der Waals surface area contributed by atoms with Gasteiger partial charge < -0.3 is 15.2 Å². The molecule has 1 aromatic rings. The fraction of sp³-hybridized carbons (Fsp3) is 0.467. The van der Waals surface area contributed by atoms with Crippen molar-refractivity contribution in [2.75, 3.05) is 13.2 Å². The Morgan fingerprint density at radius 3 is 2.59 bits per heavy atom. The lowest BCUT2D eigenvalue weighted by Crippen LogP contribution is -2.39. The highest BCUT2D eigenvalue weighted by Gasteiger charge is 2.27. The average Bonchev–Trinajstić information content (AvgIpc) is 2.46. The van der Waals surface area contributed by atoms with Gasteiger partial charge in [-0.1, -0.05) is 17.7 Å². The van der Waals surface area contributed by atoms with Crippen LogP contribution < -0.4 is 5.32 Å². The summed E-state index contributed by atoms with van der Waals surface area (Å²) in [6, 6.07) is 2.75. The average molecular weight is 332 g/mol. The number of esters is 1. The number of carbonyl (C=O) groups excluding carboxylic acids is 2. The highest BCUT2D eigenvalue weighted by Crippen LogP contribution is 2.24. The molecule has 0 aliphatic heterocycles. The van der Waals surface area contributed by atoms with E-state index >= 15 is 0 Å². The highest BCUT2D eigenvalue weighted by molar-refractivity contribution is 6.33. The summed E-state index contributed by atoms with van der Waals surface area (Å²) in [4.78, 5) is 23.6. The molecule has 0 saturated carbocycles. The van der Waals surface area contributed by atoms with Crippen molar-refractivity contribution in [3.05, 3.63) is 34.1 Å². The van der Waals surface area contributed by atoms with E-state index in [9.17, 15) is 14.0 Å². The maximum atomic E-state index is 14.4. The minimum Gasteiger partial charge on any atom is -0.462 e. The minimum atomic E-state index is -0.979. The van der Waals surface area contributed by atoms with Crippen molar-refractivity contribution < 1.29 is 23.8 Å². The van der Waals surface area contributed by atoms with Gasteiger partial charge in [0.05, 0.1) is 23.7 Å². The number of aliphatic hydroxyl groups excluding tert-OH is 1. The molecular weight excluding hydrogens is 313 g/mol. The summed E-state index contributed by atoms with van der Waals surface area (Å²) < 4.78 is 19.1. The summed E-state index contributed by atoms with van der Waals surface area (Å²) in [6.45, 7) is 4.36. The smallest absolute Gasteiger partial charge is 0.342 e. The standard InChI is InChI=1S/C15H19ClFNO4/c1-4-22-13(20)11-10(16)6-5-9(12(11)17)7-18-14(21)15(2,3)8-19/h5-6,19H,4,7-8H2,1-3H3,(H,18,21). The Balaban J connectivity index is 2.96. The van der Waals surface area contributed by atoms with Crippen LogP contribution in [0.2, 0.25) is 5.02 Å². The van der Waals surface area contributed by atoms with Crippen molar-refractivity contribution >= 4 is 23.5 Å². The van der Waals surface area contributed by atoms with Crippen LogP contribution in [0.5, 0.6) is 0 Å². The molecule has 0 aliphatic carbocycles. The van der Waals surface area contributed by atoms with Crippen LogP contribution in [0.25, 0.3) is 0 Å². The molecule has 2 N–H and O–H groups in total. The third kappa shape index (κ3) is 4.18. The third-order valence-corrected chi connectivity index (χ3v) is 3.41. The summed E-state index contributed by atoms with van der Waals surface area (Å²) in [5.74, 6) is -2.11. The fourth-order valence-electron chi connectivity index (χ4n) is 1.61. The molecule has 1 aromatic carbocycles.